The minimum atomic E-state index is -0.512. The molecule has 43 heavy (non-hydrogen) atoms. The predicted molar refractivity (Wildman–Crippen MR) is 173 cm³/mol. The third-order valence-corrected chi connectivity index (χ3v) is 9.39. The molecule has 1 heterocycles. The highest BCUT2D eigenvalue weighted by Crippen LogP contribution is 2.55. The van der Waals surface area contributed by atoms with Gasteiger partial charge in [-0.1, -0.05) is 75.5 Å². The number of nitrogens with zero attached hydrogens (tertiary/aromatic N) is 1. The van der Waals surface area contributed by atoms with E-state index in [0.29, 0.717) is 46.0 Å². The molecule has 0 atom stereocenters. The van der Waals surface area contributed by atoms with Crippen LogP contribution in [0, 0.1) is 10.8 Å². The number of allylic oxidation sites excluding steroid dienone is 4. The lowest BCUT2D eigenvalue weighted by atomic mass is 9.63. The van der Waals surface area contributed by atoms with Gasteiger partial charge in [0.2, 0.25) is 0 Å². The molecule has 0 unspecified atom stereocenters. The van der Waals surface area contributed by atoms with E-state index in [-0.39, 0.29) is 29.0 Å². The normalized spacial score (nSPS) is 19.9. The first kappa shape index (κ1) is 31.9. The lowest BCUT2D eigenvalue weighted by Gasteiger charge is -2.49. The number of hydrogen-bond acceptors (Lipinski definition) is 5. The largest absolute Gasteiger partial charge is 0.490 e. The number of benzene rings is 2. The molecule has 230 valence electrons. The second kappa shape index (κ2) is 12.1. The molecule has 3 aliphatic rings. The fourth-order valence-corrected chi connectivity index (χ4v) is 7.56. The van der Waals surface area contributed by atoms with Crippen molar-refractivity contribution in [3.8, 4) is 11.5 Å². The maximum atomic E-state index is 14.0. The molecule has 0 saturated heterocycles. The van der Waals surface area contributed by atoms with E-state index in [1.54, 1.807) is 12.1 Å². The van der Waals surface area contributed by atoms with E-state index >= 15 is 0 Å². The highest BCUT2D eigenvalue weighted by atomic mass is 35.5. The molecular weight excluding hydrogens is 605 g/mol. The first-order valence-electron chi connectivity index (χ1n) is 15.1. The molecule has 5 rings (SSSR count). The molecule has 0 bridgehead atoms. The molecule has 0 saturated carbocycles. The summed E-state index contributed by atoms with van der Waals surface area (Å²) in [4.78, 5) is 30.4. The summed E-state index contributed by atoms with van der Waals surface area (Å²) in [5.41, 5.74) is 4.71. The Kier molecular flexibility index (Phi) is 9.02. The molecule has 2 aromatic rings. The number of halogens is 3. The van der Waals surface area contributed by atoms with Crippen LogP contribution < -0.4 is 9.47 Å². The standard InChI is InChI=1S/C35H40Cl3NO4/c1-7-11-39-25-15-34(3,4)17-27(40)31(25)30(32-26(39)16-35(5,6)18-28(32)41)21-12-24(38)33(29(13-21)42-8-2)43-19-20-9-10-22(36)14-23(20)37/h9-10,12-14,30H,7-8,11,15-19H2,1-6H3. The Morgan fingerprint density at radius 3 is 1.95 bits per heavy atom. The second-order valence-electron chi connectivity index (χ2n) is 13.5. The first-order chi connectivity index (χ1) is 20.2. The maximum absolute atomic E-state index is 14.0. The van der Waals surface area contributed by atoms with Gasteiger partial charge in [-0.3, -0.25) is 9.59 Å². The first-order valence-corrected chi connectivity index (χ1v) is 16.2. The van der Waals surface area contributed by atoms with Crippen molar-refractivity contribution in [2.45, 2.75) is 86.2 Å². The Hall–Kier alpha value is -2.47. The van der Waals surface area contributed by atoms with Crippen LogP contribution >= 0.6 is 34.8 Å². The average Bonchev–Trinajstić information content (AvgIpc) is 2.88. The quantitative estimate of drug-likeness (QED) is 0.286. The average molecular weight is 645 g/mol. The number of Topliss-reactive ketones (excluding diaryl/α,β-unsaturated/α-hetero) is 2. The van der Waals surface area contributed by atoms with Crippen LogP contribution in [-0.4, -0.2) is 29.6 Å². The highest BCUT2D eigenvalue weighted by molar-refractivity contribution is 6.35. The van der Waals surface area contributed by atoms with Gasteiger partial charge in [-0.05, 0) is 66.8 Å². The zero-order valence-electron chi connectivity index (χ0n) is 25.8. The Labute approximate surface area is 270 Å². The number of rotatable bonds is 8. The molecule has 0 fully saturated rings. The summed E-state index contributed by atoms with van der Waals surface area (Å²) in [6.07, 6.45) is 3.31. The monoisotopic (exact) mass is 643 g/mol. The molecule has 2 aromatic carbocycles. The van der Waals surface area contributed by atoms with Crippen LogP contribution in [0.3, 0.4) is 0 Å². The Morgan fingerprint density at radius 1 is 0.814 bits per heavy atom. The molecule has 0 amide bonds. The van der Waals surface area contributed by atoms with E-state index in [2.05, 4.69) is 39.5 Å². The smallest absolute Gasteiger partial charge is 0.180 e. The van der Waals surface area contributed by atoms with Crippen LogP contribution in [0.2, 0.25) is 15.1 Å². The van der Waals surface area contributed by atoms with Crippen LogP contribution in [0.4, 0.5) is 0 Å². The van der Waals surface area contributed by atoms with Gasteiger partial charge in [-0.25, -0.2) is 0 Å². The fourth-order valence-electron chi connectivity index (χ4n) is 6.82. The molecular formula is C35H40Cl3NO4. The van der Waals surface area contributed by atoms with E-state index in [4.69, 9.17) is 44.3 Å². The molecule has 2 aliphatic carbocycles. The summed E-state index contributed by atoms with van der Waals surface area (Å²) < 4.78 is 12.2. The van der Waals surface area contributed by atoms with Gasteiger partial charge < -0.3 is 14.4 Å². The van der Waals surface area contributed by atoms with E-state index in [9.17, 15) is 9.59 Å². The van der Waals surface area contributed by atoms with Gasteiger partial charge >= 0.3 is 0 Å². The minimum Gasteiger partial charge on any atom is -0.490 e. The number of carbonyl (C=O) groups excluding carboxylic acids is 2. The number of carbonyl (C=O) groups is 2. The lowest BCUT2D eigenvalue weighted by Crippen LogP contribution is -2.44. The molecule has 8 heteroatoms. The lowest BCUT2D eigenvalue weighted by molar-refractivity contribution is -0.119. The predicted octanol–water partition coefficient (Wildman–Crippen LogP) is 9.72. The zero-order chi connectivity index (χ0) is 31.3. The van der Waals surface area contributed by atoms with Crippen LogP contribution in [0.5, 0.6) is 11.5 Å². The van der Waals surface area contributed by atoms with Crippen LogP contribution in [0.15, 0.2) is 52.9 Å². The van der Waals surface area contributed by atoms with E-state index in [1.807, 2.05) is 25.1 Å². The van der Waals surface area contributed by atoms with Crippen molar-refractivity contribution in [3.05, 3.63) is 79.1 Å². The van der Waals surface area contributed by atoms with E-state index < -0.39 is 5.92 Å². The molecule has 5 nitrogen and oxygen atoms in total. The van der Waals surface area contributed by atoms with Gasteiger partial charge in [-0.15, -0.1) is 0 Å². The van der Waals surface area contributed by atoms with E-state index in [0.717, 1.165) is 59.5 Å². The fraction of sp³-hybridized carbons (Fsp3) is 0.486. The van der Waals surface area contributed by atoms with Gasteiger partial charge in [0.05, 0.1) is 11.6 Å². The Morgan fingerprint density at radius 2 is 1.42 bits per heavy atom. The van der Waals surface area contributed by atoms with Gasteiger partial charge in [0, 0.05) is 63.5 Å². The summed E-state index contributed by atoms with van der Waals surface area (Å²) >= 11 is 19.4. The van der Waals surface area contributed by atoms with Gasteiger partial charge in [0.25, 0.3) is 0 Å². The van der Waals surface area contributed by atoms with Gasteiger partial charge in [-0.2, -0.15) is 0 Å². The summed E-state index contributed by atoms with van der Waals surface area (Å²) in [6.45, 7) is 13.9. The highest BCUT2D eigenvalue weighted by Gasteiger charge is 2.49. The van der Waals surface area contributed by atoms with Crippen molar-refractivity contribution in [1.29, 1.82) is 0 Å². The molecule has 1 aliphatic heterocycles. The summed E-state index contributed by atoms with van der Waals surface area (Å²) in [5, 5.41) is 1.38. The summed E-state index contributed by atoms with van der Waals surface area (Å²) in [5.74, 6) is 0.517. The van der Waals surface area contributed by atoms with Gasteiger partial charge in [0.15, 0.2) is 23.1 Å². The van der Waals surface area contributed by atoms with Gasteiger partial charge in [0.1, 0.15) is 6.61 Å². The number of ketones is 2. The molecule has 0 N–H and O–H groups in total. The van der Waals surface area contributed by atoms with Crippen LogP contribution in [-0.2, 0) is 16.2 Å². The third-order valence-electron chi connectivity index (χ3n) is 8.52. The second-order valence-corrected chi connectivity index (χ2v) is 14.7. The van der Waals surface area contributed by atoms with Crippen molar-refractivity contribution in [3.63, 3.8) is 0 Å². The maximum Gasteiger partial charge on any atom is 0.180 e. The SMILES string of the molecule is CCCN1C2=C(C(=O)CC(C)(C)C2)C(c2cc(Cl)c(OCc3ccc(Cl)cc3Cl)c(OCC)c2)C2=C1CC(C)(C)CC2=O. The number of hydrogen-bond donors (Lipinski definition) is 0. The summed E-state index contributed by atoms with van der Waals surface area (Å²) in [6, 6.07) is 8.96. The van der Waals surface area contributed by atoms with Crippen LogP contribution in [0.1, 0.15) is 90.7 Å². The number of ether oxygens (including phenoxy) is 2. The molecule has 0 aromatic heterocycles. The zero-order valence-corrected chi connectivity index (χ0v) is 28.1. The Balaban J connectivity index is 1.66. The Bertz CT molecular complexity index is 1480. The van der Waals surface area contributed by atoms with Crippen molar-refractivity contribution in [1.82, 2.24) is 4.90 Å². The molecule has 0 radical (unpaired) electrons. The van der Waals surface area contributed by atoms with Crippen molar-refractivity contribution >= 4 is 46.4 Å². The van der Waals surface area contributed by atoms with E-state index in [1.165, 1.54) is 0 Å². The molecule has 0 spiro atoms. The third kappa shape index (κ3) is 6.36. The van der Waals surface area contributed by atoms with Crippen molar-refractivity contribution < 1.29 is 19.1 Å². The van der Waals surface area contributed by atoms with Crippen molar-refractivity contribution in [2.24, 2.45) is 10.8 Å². The van der Waals surface area contributed by atoms with Crippen molar-refractivity contribution in [2.75, 3.05) is 13.2 Å². The van der Waals surface area contributed by atoms with Crippen LogP contribution in [0.25, 0.3) is 0 Å². The summed E-state index contributed by atoms with van der Waals surface area (Å²) in [7, 11) is 0. The topological polar surface area (TPSA) is 55.8 Å². The minimum absolute atomic E-state index is 0.0910.